The highest BCUT2D eigenvalue weighted by atomic mass is 32.1. The van der Waals surface area contributed by atoms with E-state index in [2.05, 4.69) is 35.9 Å². The summed E-state index contributed by atoms with van der Waals surface area (Å²) in [6, 6.07) is 23.3. The predicted octanol–water partition coefficient (Wildman–Crippen LogP) is 10.3. The fourth-order valence-corrected chi connectivity index (χ4v) is 6.79. The number of ether oxygens (including phenoxy) is 2. The second-order valence-electron chi connectivity index (χ2n) is 13.3. The first kappa shape index (κ1) is 50.8. The summed E-state index contributed by atoms with van der Waals surface area (Å²) in [5.41, 5.74) is 5.61. The molecule has 68 heavy (non-hydrogen) atoms. The van der Waals surface area contributed by atoms with Gasteiger partial charge in [-0.1, -0.05) is 19.6 Å². The molecule has 0 atom stereocenters. The van der Waals surface area contributed by atoms with Gasteiger partial charge in [0.2, 0.25) is 0 Å². The number of aliphatic carboxylic acids is 1. The molecule has 0 bridgehead atoms. The number of pyridine rings is 2. The maximum Gasteiger partial charge on any atom is 0.418 e. The predicted molar refractivity (Wildman–Crippen MR) is 245 cm³/mol. The van der Waals surface area contributed by atoms with E-state index in [0.717, 1.165) is 18.3 Å². The summed E-state index contributed by atoms with van der Waals surface area (Å²) in [4.78, 5) is 61.6. The van der Waals surface area contributed by atoms with Crippen molar-refractivity contribution in [1.29, 1.82) is 0 Å². The van der Waals surface area contributed by atoms with Gasteiger partial charge in [0.1, 0.15) is 11.5 Å². The van der Waals surface area contributed by atoms with E-state index in [9.17, 15) is 45.5 Å². The summed E-state index contributed by atoms with van der Waals surface area (Å²) in [7, 11) is 0. The molecule has 4 heterocycles. The number of nitrogens with two attached hydrogens (primary N) is 1. The summed E-state index contributed by atoms with van der Waals surface area (Å²) >= 11 is 2.52. The Morgan fingerprint density at radius 3 is 1.37 bits per heavy atom. The molecule has 0 saturated heterocycles. The van der Waals surface area contributed by atoms with Crippen LogP contribution in [-0.4, -0.2) is 61.9 Å². The summed E-state index contributed by atoms with van der Waals surface area (Å²) < 4.78 is 88.4. The number of carbonyl (C=O) groups excluding carboxylic acids is 3. The van der Waals surface area contributed by atoms with Gasteiger partial charge in [0.15, 0.2) is 23.2 Å². The van der Waals surface area contributed by atoms with Gasteiger partial charge in [-0.15, -0.1) is 22.7 Å². The van der Waals surface area contributed by atoms with Gasteiger partial charge in [-0.2, -0.15) is 26.3 Å². The van der Waals surface area contributed by atoms with Gasteiger partial charge in [0.05, 0.1) is 22.2 Å². The SMILES string of the molecule is C.Nc1ccc(NC(=O)c2nccs2)cc1.O=C(COc1ccnc2c(C(F)(F)F)cccc12)Nc1ccc(NC(=O)c2nccs2)cc1.O=C(O)COc1ccnc2c(C(F)(F)F)cccc12. The number of fused-ring (bicyclic) bond motifs is 2. The number of nitrogen functional groups attached to an aromatic ring is 1. The molecule has 23 heteroatoms. The van der Waals surface area contributed by atoms with Crippen LogP contribution < -0.4 is 31.2 Å². The zero-order valence-electron chi connectivity index (χ0n) is 34.0. The summed E-state index contributed by atoms with van der Waals surface area (Å²) in [6.45, 7) is -1.05. The average Bonchev–Trinajstić information content (AvgIpc) is 4.05. The van der Waals surface area contributed by atoms with Crippen LogP contribution in [0.25, 0.3) is 21.8 Å². The van der Waals surface area contributed by atoms with Gasteiger partial charge < -0.3 is 36.3 Å². The van der Waals surface area contributed by atoms with E-state index in [-0.39, 0.29) is 52.5 Å². The molecule has 0 radical (unpaired) electrons. The molecular weight excluding hydrogens is 943 g/mol. The highest BCUT2D eigenvalue weighted by Gasteiger charge is 2.34. The van der Waals surface area contributed by atoms with Gasteiger partial charge in [-0.05, 0) is 84.9 Å². The molecule has 3 amide bonds. The van der Waals surface area contributed by atoms with Gasteiger partial charge >= 0.3 is 18.3 Å². The third-order valence-corrected chi connectivity index (χ3v) is 10.2. The molecule has 0 aliphatic rings. The van der Waals surface area contributed by atoms with Crippen molar-refractivity contribution in [3.05, 3.63) is 154 Å². The number of carbonyl (C=O) groups is 4. The van der Waals surface area contributed by atoms with Crippen LogP contribution in [0.4, 0.5) is 49.1 Å². The molecule has 0 saturated carbocycles. The number of nitrogens with zero attached hydrogens (tertiary/aromatic N) is 4. The van der Waals surface area contributed by atoms with Crippen molar-refractivity contribution >= 4 is 90.9 Å². The van der Waals surface area contributed by atoms with Gasteiger partial charge in [-0.3, -0.25) is 24.4 Å². The molecule has 15 nitrogen and oxygen atoms in total. The van der Waals surface area contributed by atoms with E-state index in [1.165, 1.54) is 71.5 Å². The Hall–Kier alpha value is -8.18. The standard InChI is InChI=1S/C22H15F3N4O3S.C12H8F3NO3.C10H9N3OS.CH4/c23-22(24,25)16-3-1-2-15-17(8-9-26-19(15)16)32-12-18(30)28-13-4-6-14(7-5-13)29-20(31)21-27-10-11-33-21;13-12(14,15)8-3-1-2-7-9(19-6-10(17)18)4-5-16-11(7)8;11-7-1-3-8(4-2-7)13-9(14)10-12-5-6-15-10;/h1-11H,12H2,(H,28,30)(H,29,31);1-5H,6H2,(H,17,18);1-6H,11H2,(H,13,14);1H4. The van der Waals surface area contributed by atoms with Crippen molar-refractivity contribution in [3.63, 3.8) is 0 Å². The molecule has 4 aromatic carbocycles. The number of hydrogen-bond donors (Lipinski definition) is 5. The number of alkyl halides is 6. The van der Waals surface area contributed by atoms with E-state index in [0.29, 0.717) is 32.8 Å². The van der Waals surface area contributed by atoms with E-state index in [4.69, 9.17) is 20.3 Å². The third kappa shape index (κ3) is 13.9. The third-order valence-electron chi connectivity index (χ3n) is 8.63. The normalized spacial score (nSPS) is 10.9. The number of amides is 3. The van der Waals surface area contributed by atoms with Crippen LogP contribution in [0.15, 0.2) is 133 Å². The minimum atomic E-state index is -4.56. The summed E-state index contributed by atoms with van der Waals surface area (Å²) in [6.07, 6.45) is -3.61. The first-order valence-corrected chi connectivity index (χ1v) is 20.8. The second kappa shape index (κ2) is 22.8. The fraction of sp³-hybridized carbons (Fsp3) is 0.111. The minimum absolute atomic E-state index is 0. The van der Waals surface area contributed by atoms with Crippen molar-refractivity contribution in [2.45, 2.75) is 19.8 Å². The largest absolute Gasteiger partial charge is 0.483 e. The maximum atomic E-state index is 13.2. The van der Waals surface area contributed by atoms with Gasteiger partial charge in [0.25, 0.3) is 17.7 Å². The van der Waals surface area contributed by atoms with Crippen LogP contribution in [-0.2, 0) is 21.9 Å². The van der Waals surface area contributed by atoms with E-state index in [1.807, 2.05) is 0 Å². The highest BCUT2D eigenvalue weighted by Crippen LogP contribution is 2.37. The molecule has 4 aromatic heterocycles. The van der Waals surface area contributed by atoms with Crippen molar-refractivity contribution in [2.75, 3.05) is 34.9 Å². The number of benzene rings is 4. The Bertz CT molecular complexity index is 2980. The Morgan fingerprint density at radius 2 is 0.971 bits per heavy atom. The molecule has 8 rings (SSSR count). The van der Waals surface area contributed by atoms with E-state index in [1.54, 1.807) is 65.5 Å². The van der Waals surface area contributed by atoms with E-state index < -0.39 is 48.6 Å². The second-order valence-corrected chi connectivity index (χ2v) is 15.1. The number of carboxylic acid groups (broad SMARTS) is 1. The van der Waals surface area contributed by atoms with Crippen molar-refractivity contribution < 1.29 is 60.1 Å². The molecule has 0 unspecified atom stereocenters. The number of para-hydroxylation sites is 2. The lowest BCUT2D eigenvalue weighted by atomic mass is 10.1. The lowest BCUT2D eigenvalue weighted by molar-refractivity contribution is -0.139. The lowest BCUT2D eigenvalue weighted by Gasteiger charge is -2.13. The maximum absolute atomic E-state index is 13.2. The van der Waals surface area contributed by atoms with Crippen LogP contribution in [0.5, 0.6) is 11.5 Å². The van der Waals surface area contributed by atoms with Crippen molar-refractivity contribution in [3.8, 4) is 11.5 Å². The monoisotopic (exact) mass is 978 g/mol. The Labute approximate surface area is 389 Å². The molecule has 0 aliphatic carbocycles. The van der Waals surface area contributed by atoms with Gasteiger partial charge in [-0.25, -0.2) is 14.8 Å². The smallest absolute Gasteiger partial charge is 0.418 e. The van der Waals surface area contributed by atoms with Crippen LogP contribution in [0, 0.1) is 0 Å². The topological polar surface area (TPSA) is 221 Å². The summed E-state index contributed by atoms with van der Waals surface area (Å²) in [5.74, 6) is -2.09. The number of aromatic nitrogens is 4. The highest BCUT2D eigenvalue weighted by molar-refractivity contribution is 7.12. The number of hydrogen-bond acceptors (Lipinski definition) is 13. The molecule has 0 fully saturated rings. The Kier molecular flexibility index (Phi) is 17.1. The zero-order chi connectivity index (χ0) is 48.1. The van der Waals surface area contributed by atoms with Crippen molar-refractivity contribution in [1.82, 2.24) is 19.9 Å². The first-order chi connectivity index (χ1) is 32.0. The molecule has 0 spiro atoms. The lowest BCUT2D eigenvalue weighted by Crippen LogP contribution is -2.20. The number of halogens is 6. The molecule has 352 valence electrons. The van der Waals surface area contributed by atoms with Crippen LogP contribution in [0.3, 0.4) is 0 Å². The number of anilines is 4. The Morgan fingerprint density at radius 1 is 0.559 bits per heavy atom. The van der Waals surface area contributed by atoms with Crippen LogP contribution >= 0.6 is 22.7 Å². The number of thiazole rings is 2. The van der Waals surface area contributed by atoms with Crippen LogP contribution in [0.2, 0.25) is 0 Å². The molecule has 6 N–H and O–H groups in total. The fourth-order valence-electron chi connectivity index (χ4n) is 5.73. The molecule has 8 aromatic rings. The minimum Gasteiger partial charge on any atom is -0.483 e. The number of carboxylic acids is 1. The van der Waals surface area contributed by atoms with Gasteiger partial charge in [0, 0.05) is 69.1 Å². The quantitative estimate of drug-likeness (QED) is 0.0604. The average molecular weight is 979 g/mol. The first-order valence-electron chi connectivity index (χ1n) is 19.0. The van der Waals surface area contributed by atoms with E-state index >= 15 is 0 Å². The number of nitrogens with one attached hydrogen (secondary N) is 3. The van der Waals surface area contributed by atoms with Crippen molar-refractivity contribution in [2.24, 2.45) is 0 Å². The summed E-state index contributed by atoms with van der Waals surface area (Å²) in [5, 5.41) is 21.1. The van der Waals surface area contributed by atoms with Crippen LogP contribution in [0.1, 0.15) is 38.2 Å². The zero-order valence-corrected chi connectivity index (χ0v) is 35.6. The Balaban J connectivity index is 0.000000209. The molecule has 0 aliphatic heterocycles. The number of rotatable bonds is 11. The molecular formula is C45H36F6N8O7S2.